The van der Waals surface area contributed by atoms with Gasteiger partial charge in [0.25, 0.3) is 0 Å². The highest BCUT2D eigenvalue weighted by atomic mass is 16.5. The van der Waals surface area contributed by atoms with E-state index in [1.54, 1.807) is 13.0 Å². The van der Waals surface area contributed by atoms with Gasteiger partial charge in [-0.25, -0.2) is 4.98 Å². The summed E-state index contributed by atoms with van der Waals surface area (Å²) in [7, 11) is 0. The highest BCUT2D eigenvalue weighted by Gasteiger charge is 2.52. The molecule has 3 heterocycles. The lowest BCUT2D eigenvalue weighted by atomic mass is 9.75. The van der Waals surface area contributed by atoms with Crippen molar-refractivity contribution in [2.45, 2.75) is 43.5 Å². The lowest BCUT2D eigenvalue weighted by Gasteiger charge is -2.51. The second-order valence-electron chi connectivity index (χ2n) is 6.40. The lowest BCUT2D eigenvalue weighted by molar-refractivity contribution is -0.239. The van der Waals surface area contributed by atoms with Crippen LogP contribution in [0.1, 0.15) is 31.9 Å². The van der Waals surface area contributed by atoms with Crippen LogP contribution < -0.4 is 4.90 Å². The van der Waals surface area contributed by atoms with Crippen molar-refractivity contribution in [3.63, 3.8) is 0 Å². The van der Waals surface area contributed by atoms with Gasteiger partial charge in [-0.15, -0.1) is 0 Å². The van der Waals surface area contributed by atoms with Crippen molar-refractivity contribution < 1.29 is 14.9 Å². The summed E-state index contributed by atoms with van der Waals surface area (Å²) in [6.07, 6.45) is 0.825. The van der Waals surface area contributed by atoms with Crippen LogP contribution in [0, 0.1) is 11.3 Å². The Bertz CT molecular complexity index is 589. The minimum atomic E-state index is -1.10. The van der Waals surface area contributed by atoms with E-state index in [1.165, 1.54) is 0 Å². The van der Waals surface area contributed by atoms with Gasteiger partial charge in [0.15, 0.2) is 0 Å². The van der Waals surface area contributed by atoms with Crippen molar-refractivity contribution in [3.05, 3.63) is 23.9 Å². The fraction of sp³-hybridized carbons (Fsp3) is 0.625. The van der Waals surface area contributed by atoms with E-state index in [2.05, 4.69) is 9.88 Å². The summed E-state index contributed by atoms with van der Waals surface area (Å²) in [6, 6.07) is 7.43. The second-order valence-corrected chi connectivity index (χ2v) is 6.40. The predicted octanol–water partition coefficient (Wildman–Crippen LogP) is 0.824. The average molecular weight is 303 g/mol. The number of hydrogen-bond donors (Lipinski definition) is 2. The Morgan fingerprint density at radius 2 is 2.09 bits per heavy atom. The van der Waals surface area contributed by atoms with Gasteiger partial charge < -0.3 is 19.8 Å². The van der Waals surface area contributed by atoms with Crippen LogP contribution in [-0.4, -0.2) is 52.2 Å². The number of ether oxygens (including phenoxy) is 1. The van der Waals surface area contributed by atoms with Crippen molar-refractivity contribution in [2.75, 3.05) is 24.6 Å². The Kier molecular flexibility index (Phi) is 3.81. The van der Waals surface area contributed by atoms with Crippen LogP contribution in [0.25, 0.3) is 0 Å². The molecule has 118 valence electrons. The average Bonchev–Trinajstić information content (AvgIpc) is 2.53. The summed E-state index contributed by atoms with van der Waals surface area (Å²) in [5, 5.41) is 29.8. The van der Waals surface area contributed by atoms with Crippen molar-refractivity contribution in [2.24, 2.45) is 0 Å². The van der Waals surface area contributed by atoms with Crippen molar-refractivity contribution in [3.8, 4) is 6.07 Å². The first-order valence-electron chi connectivity index (χ1n) is 7.63. The number of rotatable bonds is 1. The molecule has 2 atom stereocenters. The summed E-state index contributed by atoms with van der Waals surface area (Å²) in [6.45, 7) is 3.49. The predicted molar refractivity (Wildman–Crippen MR) is 80.3 cm³/mol. The molecule has 2 fully saturated rings. The van der Waals surface area contributed by atoms with E-state index in [0.717, 1.165) is 5.82 Å². The molecule has 0 aromatic carbocycles. The van der Waals surface area contributed by atoms with E-state index < -0.39 is 17.3 Å². The van der Waals surface area contributed by atoms with Crippen LogP contribution in [-0.2, 0) is 4.74 Å². The Balaban J connectivity index is 1.73. The van der Waals surface area contributed by atoms with Crippen LogP contribution in [0.15, 0.2) is 18.2 Å². The third kappa shape index (κ3) is 2.56. The van der Waals surface area contributed by atoms with E-state index in [-0.39, 0.29) is 0 Å². The molecular weight excluding hydrogens is 282 g/mol. The van der Waals surface area contributed by atoms with Gasteiger partial charge in [0.1, 0.15) is 29.3 Å². The van der Waals surface area contributed by atoms with Crippen molar-refractivity contribution in [1.82, 2.24) is 4.98 Å². The number of anilines is 1. The van der Waals surface area contributed by atoms with Crippen LogP contribution in [0.2, 0.25) is 0 Å². The molecule has 0 bridgehead atoms. The number of aliphatic hydroxyl groups is 2. The topological polar surface area (TPSA) is 89.6 Å². The first-order chi connectivity index (χ1) is 10.5. The molecule has 1 spiro atoms. The molecule has 6 heteroatoms. The maximum atomic E-state index is 10.5. The van der Waals surface area contributed by atoms with E-state index in [9.17, 15) is 10.2 Å². The standard InChI is InChI=1S/C16H21N3O3/c1-15(21)7-10-22-16(14(15)20)5-8-19(9-6-16)13-4-2-3-12(11-17)18-13/h2-4,14,20-21H,5-10H2,1H3/t14-,15+/m0/s1. The first-order valence-corrected chi connectivity index (χ1v) is 7.63. The zero-order valence-corrected chi connectivity index (χ0v) is 12.7. The zero-order valence-electron chi connectivity index (χ0n) is 12.7. The molecule has 3 rings (SSSR count). The number of piperidine rings is 1. The summed E-state index contributed by atoms with van der Waals surface area (Å²) < 4.78 is 5.87. The second kappa shape index (κ2) is 5.51. The molecule has 2 saturated heterocycles. The molecule has 2 N–H and O–H groups in total. The normalized spacial score (nSPS) is 31.0. The van der Waals surface area contributed by atoms with E-state index >= 15 is 0 Å². The SMILES string of the molecule is C[C@@]1(O)CCOC2(CCN(c3cccc(C#N)n3)CC2)[C@H]1O. The van der Waals surface area contributed by atoms with Gasteiger partial charge in [-0.05, 0) is 31.9 Å². The molecule has 22 heavy (non-hydrogen) atoms. The molecular formula is C16H21N3O3. The molecule has 2 aliphatic rings. The van der Waals surface area contributed by atoms with Gasteiger partial charge in [-0.1, -0.05) is 6.07 Å². The van der Waals surface area contributed by atoms with Crippen LogP contribution >= 0.6 is 0 Å². The third-order valence-electron chi connectivity index (χ3n) is 4.87. The first kappa shape index (κ1) is 15.2. The van der Waals surface area contributed by atoms with Gasteiger partial charge >= 0.3 is 0 Å². The minimum Gasteiger partial charge on any atom is -0.387 e. The highest BCUT2D eigenvalue weighted by Crippen LogP contribution is 2.40. The van der Waals surface area contributed by atoms with Crippen molar-refractivity contribution in [1.29, 1.82) is 5.26 Å². The van der Waals surface area contributed by atoms with Gasteiger partial charge in [0.2, 0.25) is 0 Å². The number of nitrogens with zero attached hydrogens (tertiary/aromatic N) is 3. The number of aliphatic hydroxyl groups excluding tert-OH is 1. The Morgan fingerprint density at radius 1 is 1.36 bits per heavy atom. The molecule has 1 aromatic heterocycles. The molecule has 0 unspecified atom stereocenters. The monoisotopic (exact) mass is 303 g/mol. The van der Waals surface area contributed by atoms with Gasteiger partial charge in [0.05, 0.1) is 12.2 Å². The van der Waals surface area contributed by atoms with E-state index in [4.69, 9.17) is 10.00 Å². The van der Waals surface area contributed by atoms with Gasteiger partial charge in [-0.2, -0.15) is 5.26 Å². The summed E-state index contributed by atoms with van der Waals surface area (Å²) >= 11 is 0. The summed E-state index contributed by atoms with van der Waals surface area (Å²) in [4.78, 5) is 6.40. The Morgan fingerprint density at radius 3 is 2.77 bits per heavy atom. The number of nitriles is 1. The van der Waals surface area contributed by atoms with Crippen LogP contribution in [0.5, 0.6) is 0 Å². The van der Waals surface area contributed by atoms with E-state index in [1.807, 2.05) is 18.2 Å². The summed E-state index contributed by atoms with van der Waals surface area (Å²) in [5.41, 5.74) is -1.38. The maximum Gasteiger partial charge on any atom is 0.142 e. The van der Waals surface area contributed by atoms with Crippen molar-refractivity contribution >= 4 is 5.82 Å². The van der Waals surface area contributed by atoms with Crippen LogP contribution in [0.4, 0.5) is 5.82 Å². The molecule has 1 aromatic rings. The number of aromatic nitrogens is 1. The maximum absolute atomic E-state index is 10.5. The molecule has 0 amide bonds. The number of pyridine rings is 1. The van der Waals surface area contributed by atoms with Crippen LogP contribution in [0.3, 0.4) is 0 Å². The Labute approximate surface area is 130 Å². The molecule has 0 saturated carbocycles. The molecule has 6 nitrogen and oxygen atoms in total. The smallest absolute Gasteiger partial charge is 0.142 e. The quantitative estimate of drug-likeness (QED) is 0.798. The zero-order chi connectivity index (χ0) is 15.8. The van der Waals surface area contributed by atoms with Gasteiger partial charge in [0, 0.05) is 19.5 Å². The lowest BCUT2D eigenvalue weighted by Crippen LogP contribution is -2.64. The Hall–Kier alpha value is -1.68. The minimum absolute atomic E-state index is 0.398. The molecule has 0 radical (unpaired) electrons. The highest BCUT2D eigenvalue weighted by molar-refractivity contribution is 5.42. The largest absolute Gasteiger partial charge is 0.387 e. The third-order valence-corrected chi connectivity index (χ3v) is 4.87. The number of hydrogen-bond acceptors (Lipinski definition) is 6. The molecule has 0 aliphatic carbocycles. The fourth-order valence-corrected chi connectivity index (χ4v) is 3.44. The molecule has 2 aliphatic heterocycles. The fourth-order valence-electron chi connectivity index (χ4n) is 3.44. The van der Waals surface area contributed by atoms with Gasteiger partial charge in [-0.3, -0.25) is 0 Å². The summed E-state index contributed by atoms with van der Waals surface area (Å²) in [5.74, 6) is 0.769. The van der Waals surface area contributed by atoms with E-state index in [0.29, 0.717) is 44.7 Å².